The smallest absolute Gasteiger partial charge is 0.417 e. The number of ether oxygens (including phenoxy) is 2. The van der Waals surface area contributed by atoms with E-state index in [4.69, 9.17) is 9.47 Å². The normalized spacial score (nSPS) is 18.1. The first-order valence-electron chi connectivity index (χ1n) is 9.00. The predicted molar refractivity (Wildman–Crippen MR) is 100 cm³/mol. The fourth-order valence-corrected chi connectivity index (χ4v) is 2.98. The highest BCUT2D eigenvalue weighted by Crippen LogP contribution is 2.24. The monoisotopic (exact) mass is 376 g/mol. The van der Waals surface area contributed by atoms with Crippen LogP contribution >= 0.6 is 0 Å². The Hall–Kier alpha value is -2.57. The maximum Gasteiger partial charge on any atom is 0.417 e. The van der Waals surface area contributed by atoms with Crippen LogP contribution in [0.3, 0.4) is 0 Å². The van der Waals surface area contributed by atoms with E-state index in [1.165, 1.54) is 4.90 Å². The molecule has 0 spiro atoms. The Morgan fingerprint density at radius 2 is 1.78 bits per heavy atom. The number of carbonyl (C=O) groups excluding carboxylic acids is 3. The van der Waals surface area contributed by atoms with Crippen molar-refractivity contribution in [3.05, 3.63) is 29.8 Å². The van der Waals surface area contributed by atoms with Crippen molar-refractivity contribution in [1.29, 1.82) is 0 Å². The molecular weight excluding hydrogens is 348 g/mol. The number of carbonyl (C=O) groups is 3. The van der Waals surface area contributed by atoms with E-state index in [0.29, 0.717) is 6.54 Å². The van der Waals surface area contributed by atoms with E-state index in [1.54, 1.807) is 27.9 Å². The Kier molecular flexibility index (Phi) is 6.13. The van der Waals surface area contributed by atoms with Gasteiger partial charge in [0, 0.05) is 6.54 Å². The summed E-state index contributed by atoms with van der Waals surface area (Å²) in [6.07, 6.45) is -0.782. The maximum absolute atomic E-state index is 13.0. The molecule has 0 aromatic heterocycles. The molecule has 0 aliphatic carbocycles. The molecule has 1 fully saturated rings. The molecule has 1 saturated heterocycles. The van der Waals surface area contributed by atoms with Crippen LogP contribution in [0, 0.1) is 5.92 Å². The number of imide groups is 1. The van der Waals surface area contributed by atoms with Crippen molar-refractivity contribution < 1.29 is 23.9 Å². The van der Waals surface area contributed by atoms with Gasteiger partial charge < -0.3 is 14.4 Å². The van der Waals surface area contributed by atoms with Gasteiger partial charge in [0.25, 0.3) is 5.91 Å². The number of hydrogen-bond acceptors (Lipinski definition) is 5. The molecule has 3 amide bonds. The zero-order valence-electron chi connectivity index (χ0n) is 16.8. The Morgan fingerprint density at radius 3 is 2.26 bits per heavy atom. The van der Waals surface area contributed by atoms with Gasteiger partial charge in [-0.2, -0.15) is 0 Å². The van der Waals surface area contributed by atoms with Crippen LogP contribution in [-0.4, -0.2) is 53.0 Å². The molecule has 1 aliphatic heterocycles. The highest BCUT2D eigenvalue weighted by molar-refractivity contribution is 6.03. The van der Waals surface area contributed by atoms with Gasteiger partial charge in [-0.3, -0.25) is 9.59 Å². The number of methoxy groups -OCH3 is 1. The van der Waals surface area contributed by atoms with Crippen LogP contribution in [0.25, 0.3) is 0 Å². The molecular formula is C20H28N2O5. The molecule has 27 heavy (non-hydrogen) atoms. The number of amides is 3. The molecule has 0 unspecified atom stereocenters. The highest BCUT2D eigenvalue weighted by atomic mass is 16.6. The van der Waals surface area contributed by atoms with Gasteiger partial charge in [0.2, 0.25) is 5.91 Å². The van der Waals surface area contributed by atoms with Crippen LogP contribution in [0.1, 0.15) is 40.2 Å². The van der Waals surface area contributed by atoms with E-state index in [0.717, 1.165) is 16.2 Å². The summed E-state index contributed by atoms with van der Waals surface area (Å²) < 4.78 is 10.4. The number of nitrogens with zero attached hydrogens (tertiary/aromatic N) is 2. The second-order valence-corrected chi connectivity index (χ2v) is 7.96. The maximum atomic E-state index is 13.0. The summed E-state index contributed by atoms with van der Waals surface area (Å²) in [5.41, 5.74) is 0.141. The number of hydrogen-bond donors (Lipinski definition) is 0. The fourth-order valence-electron chi connectivity index (χ4n) is 2.98. The van der Waals surface area contributed by atoms with Crippen LogP contribution in [0.5, 0.6) is 5.75 Å². The minimum Gasteiger partial charge on any atom is -0.497 e. The second-order valence-electron chi connectivity index (χ2n) is 7.96. The van der Waals surface area contributed by atoms with Crippen molar-refractivity contribution in [2.24, 2.45) is 5.92 Å². The molecule has 7 heteroatoms. The molecule has 1 atom stereocenters. The molecule has 1 aromatic rings. The van der Waals surface area contributed by atoms with Gasteiger partial charge in [0.15, 0.2) is 0 Å². The van der Waals surface area contributed by atoms with Gasteiger partial charge in [0.05, 0.1) is 7.11 Å². The van der Waals surface area contributed by atoms with Crippen LogP contribution in [0.15, 0.2) is 24.3 Å². The lowest BCUT2D eigenvalue weighted by molar-refractivity contribution is -0.157. The number of rotatable bonds is 4. The summed E-state index contributed by atoms with van der Waals surface area (Å²) in [5, 5.41) is 0. The topological polar surface area (TPSA) is 76.2 Å². The number of benzene rings is 1. The van der Waals surface area contributed by atoms with Crippen LogP contribution in [0.2, 0.25) is 0 Å². The summed E-state index contributed by atoms with van der Waals surface area (Å²) in [6, 6.07) is 6.61. The summed E-state index contributed by atoms with van der Waals surface area (Å²) in [5.74, 6) is -0.122. The third-order valence-electron chi connectivity index (χ3n) is 4.23. The average Bonchev–Trinajstić information content (AvgIpc) is 2.56. The first kappa shape index (κ1) is 20.7. The van der Waals surface area contributed by atoms with Crippen molar-refractivity contribution in [2.45, 2.75) is 52.8 Å². The fraction of sp³-hybridized carbons (Fsp3) is 0.550. The zero-order chi connectivity index (χ0) is 20.4. The third kappa shape index (κ3) is 4.99. The molecule has 0 saturated carbocycles. The minimum atomic E-state index is -0.782. The van der Waals surface area contributed by atoms with Crippen molar-refractivity contribution >= 4 is 17.9 Å². The Bertz CT molecular complexity index is 706. The van der Waals surface area contributed by atoms with Gasteiger partial charge >= 0.3 is 6.09 Å². The summed E-state index contributed by atoms with van der Waals surface area (Å²) in [6.45, 7) is 8.85. The lowest BCUT2D eigenvalue weighted by Gasteiger charge is -2.41. The second kappa shape index (κ2) is 7.98. The molecule has 1 aromatic carbocycles. The average molecular weight is 376 g/mol. The van der Waals surface area contributed by atoms with Gasteiger partial charge in [-0.25, -0.2) is 9.69 Å². The van der Waals surface area contributed by atoms with E-state index in [9.17, 15) is 14.4 Å². The molecule has 0 radical (unpaired) electrons. The summed E-state index contributed by atoms with van der Waals surface area (Å²) >= 11 is 0. The van der Waals surface area contributed by atoms with E-state index in [1.807, 2.05) is 38.1 Å². The van der Waals surface area contributed by atoms with Gasteiger partial charge in [-0.1, -0.05) is 26.0 Å². The predicted octanol–water partition coefficient (Wildman–Crippen LogP) is 2.83. The van der Waals surface area contributed by atoms with Crippen LogP contribution in [0.4, 0.5) is 4.79 Å². The van der Waals surface area contributed by atoms with Crippen molar-refractivity contribution in [1.82, 2.24) is 9.80 Å². The van der Waals surface area contributed by atoms with Gasteiger partial charge in [-0.15, -0.1) is 0 Å². The summed E-state index contributed by atoms with van der Waals surface area (Å²) in [4.78, 5) is 40.5. The molecule has 0 bridgehead atoms. The Labute approximate surface area is 160 Å². The van der Waals surface area contributed by atoms with E-state index in [2.05, 4.69) is 0 Å². The molecule has 148 valence electrons. The summed E-state index contributed by atoms with van der Waals surface area (Å²) in [7, 11) is 1.59. The number of piperazine rings is 1. The Morgan fingerprint density at radius 1 is 1.19 bits per heavy atom. The van der Waals surface area contributed by atoms with Crippen molar-refractivity contribution in [3.63, 3.8) is 0 Å². The van der Waals surface area contributed by atoms with Crippen molar-refractivity contribution in [3.8, 4) is 5.75 Å². The molecule has 0 N–H and O–H groups in total. The Balaban J connectivity index is 2.23. The van der Waals surface area contributed by atoms with Gasteiger partial charge in [0.1, 0.15) is 23.9 Å². The largest absolute Gasteiger partial charge is 0.497 e. The molecule has 7 nitrogen and oxygen atoms in total. The van der Waals surface area contributed by atoms with E-state index in [-0.39, 0.29) is 18.4 Å². The molecule has 1 heterocycles. The van der Waals surface area contributed by atoms with Crippen LogP contribution in [-0.2, 0) is 20.9 Å². The van der Waals surface area contributed by atoms with Gasteiger partial charge in [-0.05, 0) is 44.4 Å². The standard InChI is InChI=1S/C20H28N2O5/c1-13(2)17-18(24)22(19(25)27-20(3,4)5)12-16(23)21(17)11-14-7-9-15(26-6)10-8-14/h7-10,13,17H,11-12H2,1-6H3/t17-/m0/s1. The first-order valence-corrected chi connectivity index (χ1v) is 9.00. The van der Waals surface area contributed by atoms with E-state index >= 15 is 0 Å². The SMILES string of the molecule is COc1ccc(CN2C(=O)CN(C(=O)OC(C)(C)C)C(=O)[C@@H]2C(C)C)cc1. The molecule has 1 aliphatic rings. The lowest BCUT2D eigenvalue weighted by atomic mass is 9.97. The first-order chi connectivity index (χ1) is 12.5. The van der Waals surface area contributed by atoms with Crippen molar-refractivity contribution in [2.75, 3.05) is 13.7 Å². The van der Waals surface area contributed by atoms with E-state index < -0.39 is 23.6 Å². The lowest BCUT2D eigenvalue weighted by Crippen LogP contribution is -2.62. The quantitative estimate of drug-likeness (QED) is 0.808. The molecule has 2 rings (SSSR count). The highest BCUT2D eigenvalue weighted by Gasteiger charge is 2.44. The van der Waals surface area contributed by atoms with Crippen LogP contribution < -0.4 is 4.74 Å². The minimum absolute atomic E-state index is 0.148. The zero-order valence-corrected chi connectivity index (χ0v) is 16.8. The third-order valence-corrected chi connectivity index (χ3v) is 4.23.